The van der Waals surface area contributed by atoms with Crippen LogP contribution in [0.25, 0.3) is 10.9 Å². The van der Waals surface area contributed by atoms with Crippen molar-refractivity contribution >= 4 is 28.6 Å². The molecule has 0 spiro atoms. The average molecular weight is 287 g/mol. The molecule has 3 nitrogen and oxygen atoms in total. The summed E-state index contributed by atoms with van der Waals surface area (Å²) in [5, 5.41) is 10.1. The van der Waals surface area contributed by atoms with Crippen molar-refractivity contribution in [3.05, 3.63) is 60.0 Å². The fraction of sp³-hybridized carbons (Fsp3) is 0. The van der Waals surface area contributed by atoms with Crippen molar-refractivity contribution in [3.8, 4) is 0 Å². The zero-order chi connectivity index (χ0) is 14.1. The van der Waals surface area contributed by atoms with Crippen molar-refractivity contribution in [1.82, 2.24) is 4.98 Å². The van der Waals surface area contributed by atoms with E-state index in [4.69, 9.17) is 0 Å². The van der Waals surface area contributed by atoms with Gasteiger partial charge in [0.05, 0.1) is 4.90 Å². The van der Waals surface area contributed by atoms with Crippen molar-refractivity contribution in [2.45, 2.75) is 9.79 Å². The van der Waals surface area contributed by atoms with Gasteiger partial charge in [0, 0.05) is 15.8 Å². The number of aromatic carboxylic acids is 1. The Kier molecular flexibility index (Phi) is 3.20. The molecule has 3 aromatic rings. The molecule has 0 atom stereocenters. The third-order valence-corrected chi connectivity index (χ3v) is 4.01. The third-order valence-electron chi connectivity index (χ3n) is 2.89. The second-order valence-corrected chi connectivity index (χ2v) is 5.32. The fourth-order valence-electron chi connectivity index (χ4n) is 2.02. The zero-order valence-corrected chi connectivity index (χ0v) is 11.1. The number of carboxylic acids is 1. The molecule has 20 heavy (non-hydrogen) atoms. The molecule has 5 heteroatoms. The lowest BCUT2D eigenvalue weighted by molar-refractivity contribution is 0.0688. The summed E-state index contributed by atoms with van der Waals surface area (Å²) in [5.74, 6) is -1.37. The number of halogens is 1. The molecular formula is C15H10FNO2S. The monoisotopic (exact) mass is 287 g/mol. The molecule has 0 aliphatic heterocycles. The van der Waals surface area contributed by atoms with Gasteiger partial charge in [-0.05, 0) is 24.3 Å². The molecule has 3 rings (SSSR count). The maximum absolute atomic E-state index is 13.2. The van der Waals surface area contributed by atoms with Crippen LogP contribution in [0, 0.1) is 5.82 Å². The summed E-state index contributed by atoms with van der Waals surface area (Å²) in [7, 11) is 0. The summed E-state index contributed by atoms with van der Waals surface area (Å²) < 4.78 is 13.2. The Morgan fingerprint density at radius 1 is 1.15 bits per heavy atom. The number of rotatable bonds is 3. The van der Waals surface area contributed by atoms with Crippen LogP contribution in [0.4, 0.5) is 4.39 Å². The van der Waals surface area contributed by atoms with Crippen LogP contribution in [0.1, 0.15) is 10.5 Å². The first-order chi connectivity index (χ1) is 9.65. The van der Waals surface area contributed by atoms with Crippen LogP contribution in [0.5, 0.6) is 0 Å². The Balaban J connectivity index is 2.14. The number of H-pyrrole nitrogens is 1. The van der Waals surface area contributed by atoms with Crippen molar-refractivity contribution in [3.63, 3.8) is 0 Å². The highest BCUT2D eigenvalue weighted by molar-refractivity contribution is 7.99. The standard InChI is InChI=1S/C15H10FNO2S/c16-9-4-3-5-10(8-9)20-14-11-6-1-2-7-12(11)17-13(14)15(18)19/h1-8,17H,(H,18,19). The smallest absolute Gasteiger partial charge is 0.353 e. The summed E-state index contributed by atoms with van der Waals surface area (Å²) in [5.41, 5.74) is 0.879. The molecule has 0 radical (unpaired) electrons. The first-order valence-electron chi connectivity index (χ1n) is 5.92. The van der Waals surface area contributed by atoms with E-state index in [1.165, 1.54) is 23.9 Å². The van der Waals surface area contributed by atoms with Crippen molar-refractivity contribution in [2.24, 2.45) is 0 Å². The number of nitrogens with one attached hydrogen (secondary N) is 1. The molecule has 1 heterocycles. The van der Waals surface area contributed by atoms with E-state index in [1.54, 1.807) is 12.1 Å². The van der Waals surface area contributed by atoms with E-state index in [2.05, 4.69) is 4.98 Å². The maximum Gasteiger partial charge on any atom is 0.353 e. The van der Waals surface area contributed by atoms with Gasteiger partial charge < -0.3 is 10.1 Å². The van der Waals surface area contributed by atoms with Crippen LogP contribution >= 0.6 is 11.8 Å². The first-order valence-corrected chi connectivity index (χ1v) is 6.74. The second-order valence-electron chi connectivity index (χ2n) is 4.24. The van der Waals surface area contributed by atoms with E-state index in [0.29, 0.717) is 9.79 Å². The molecule has 0 saturated carbocycles. The van der Waals surface area contributed by atoms with Gasteiger partial charge in [-0.25, -0.2) is 9.18 Å². The molecule has 0 saturated heterocycles. The van der Waals surface area contributed by atoms with E-state index in [-0.39, 0.29) is 11.5 Å². The number of carboxylic acid groups (broad SMARTS) is 1. The molecule has 0 amide bonds. The van der Waals surface area contributed by atoms with E-state index < -0.39 is 5.97 Å². The van der Waals surface area contributed by atoms with Crippen LogP contribution in [0.2, 0.25) is 0 Å². The maximum atomic E-state index is 13.2. The van der Waals surface area contributed by atoms with Gasteiger partial charge in [0.1, 0.15) is 11.5 Å². The summed E-state index contributed by atoms with van der Waals surface area (Å²) in [6.45, 7) is 0. The lowest BCUT2D eigenvalue weighted by atomic mass is 10.2. The number of aromatic amines is 1. The molecule has 0 fully saturated rings. The SMILES string of the molecule is O=C(O)c1[nH]c2ccccc2c1Sc1cccc(F)c1. The number of fused-ring (bicyclic) bond motifs is 1. The predicted octanol–water partition coefficient (Wildman–Crippen LogP) is 4.16. The zero-order valence-electron chi connectivity index (χ0n) is 10.3. The highest BCUT2D eigenvalue weighted by Gasteiger charge is 2.17. The number of hydrogen-bond acceptors (Lipinski definition) is 2. The van der Waals surface area contributed by atoms with Crippen LogP contribution in [-0.2, 0) is 0 Å². The summed E-state index contributed by atoms with van der Waals surface area (Å²) >= 11 is 1.24. The van der Waals surface area contributed by atoms with Gasteiger partial charge >= 0.3 is 5.97 Å². The van der Waals surface area contributed by atoms with E-state index in [1.807, 2.05) is 24.3 Å². The van der Waals surface area contributed by atoms with Crippen LogP contribution in [-0.4, -0.2) is 16.1 Å². The Morgan fingerprint density at radius 2 is 1.95 bits per heavy atom. The second kappa shape index (κ2) is 5.02. The number of carbonyl (C=O) groups is 1. The first kappa shape index (κ1) is 12.7. The molecule has 2 aromatic carbocycles. The van der Waals surface area contributed by atoms with Crippen LogP contribution < -0.4 is 0 Å². The molecule has 100 valence electrons. The van der Waals surface area contributed by atoms with Crippen LogP contribution in [0.15, 0.2) is 58.3 Å². The van der Waals surface area contributed by atoms with Gasteiger partial charge in [-0.15, -0.1) is 0 Å². The topological polar surface area (TPSA) is 53.1 Å². The normalized spacial score (nSPS) is 10.8. The van der Waals surface area contributed by atoms with Gasteiger partial charge in [-0.3, -0.25) is 0 Å². The molecular weight excluding hydrogens is 277 g/mol. The molecule has 1 aromatic heterocycles. The summed E-state index contributed by atoms with van der Waals surface area (Å²) in [4.78, 5) is 15.5. The lowest BCUT2D eigenvalue weighted by Gasteiger charge is -2.02. The van der Waals surface area contributed by atoms with Crippen LogP contribution in [0.3, 0.4) is 0 Å². The van der Waals surface area contributed by atoms with Gasteiger partial charge in [0.2, 0.25) is 0 Å². The Morgan fingerprint density at radius 3 is 2.70 bits per heavy atom. The van der Waals surface area contributed by atoms with E-state index in [0.717, 1.165) is 10.9 Å². The third kappa shape index (κ3) is 2.28. The minimum Gasteiger partial charge on any atom is -0.477 e. The minimum atomic E-state index is -1.03. The van der Waals surface area contributed by atoms with Gasteiger partial charge in [0.25, 0.3) is 0 Å². The number of aromatic nitrogens is 1. The number of hydrogen-bond donors (Lipinski definition) is 2. The van der Waals surface area contributed by atoms with Crippen molar-refractivity contribution < 1.29 is 14.3 Å². The average Bonchev–Trinajstić information content (AvgIpc) is 2.78. The van der Waals surface area contributed by atoms with Gasteiger partial charge in [-0.2, -0.15) is 0 Å². The lowest BCUT2D eigenvalue weighted by Crippen LogP contribution is -1.97. The molecule has 0 aliphatic rings. The Labute approximate surface area is 118 Å². The van der Waals surface area contributed by atoms with Crippen molar-refractivity contribution in [2.75, 3.05) is 0 Å². The Bertz CT molecular complexity index is 797. The van der Waals surface area contributed by atoms with Gasteiger partial charge in [0.15, 0.2) is 0 Å². The number of benzene rings is 2. The highest BCUT2D eigenvalue weighted by atomic mass is 32.2. The summed E-state index contributed by atoms with van der Waals surface area (Å²) in [6.07, 6.45) is 0. The van der Waals surface area contributed by atoms with Crippen molar-refractivity contribution in [1.29, 1.82) is 0 Å². The van der Waals surface area contributed by atoms with E-state index >= 15 is 0 Å². The Hall–Kier alpha value is -2.27. The number of para-hydroxylation sites is 1. The largest absolute Gasteiger partial charge is 0.477 e. The minimum absolute atomic E-state index is 0.125. The summed E-state index contributed by atoms with van der Waals surface area (Å²) in [6, 6.07) is 13.4. The quantitative estimate of drug-likeness (QED) is 0.760. The molecule has 0 unspecified atom stereocenters. The van der Waals surface area contributed by atoms with E-state index in [9.17, 15) is 14.3 Å². The molecule has 2 N–H and O–H groups in total. The molecule has 0 aliphatic carbocycles. The van der Waals surface area contributed by atoms with Gasteiger partial charge in [-0.1, -0.05) is 36.0 Å². The predicted molar refractivity (Wildman–Crippen MR) is 75.8 cm³/mol. The molecule has 0 bridgehead atoms. The fourth-order valence-corrected chi connectivity index (χ4v) is 3.10. The highest BCUT2D eigenvalue weighted by Crippen LogP contribution is 2.36.